The number of hydrogen-bond acceptors (Lipinski definition) is 10. The summed E-state index contributed by atoms with van der Waals surface area (Å²) in [4.78, 5) is 96.0. The molecule has 3 rings (SSSR count). The molecule has 0 atom stereocenters. The number of rotatable bonds is 12. The van der Waals surface area contributed by atoms with Crippen LogP contribution in [0.4, 0.5) is 32.2 Å². The second-order valence-electron chi connectivity index (χ2n) is 9.36. The average Bonchev–Trinajstić information content (AvgIpc) is 2.86. The molecule has 0 radical (unpaired) electrons. The van der Waals surface area contributed by atoms with Gasteiger partial charge in [0, 0.05) is 74.5 Å². The molecule has 0 saturated heterocycles. The Bertz CT molecular complexity index is 1570. The summed E-state index contributed by atoms with van der Waals surface area (Å²) in [5.74, 6) is -0.127. The molecule has 9 N–H and O–H groups in total. The number of nitrogens with two attached hydrogens (primary N) is 2. The largest absolute Gasteiger partial charge is 0.351 e. The molecule has 0 aliphatic carbocycles. The molecule has 3 heterocycles. The first kappa shape index (κ1) is 31.9. The van der Waals surface area contributed by atoms with Gasteiger partial charge in [-0.3, -0.25) is 49.4 Å². The van der Waals surface area contributed by atoms with E-state index in [0.717, 1.165) is 9.80 Å². The zero-order valence-electron chi connectivity index (χ0n) is 23.8. The van der Waals surface area contributed by atoms with Gasteiger partial charge in [0.05, 0.1) is 0 Å². The first-order valence-electron chi connectivity index (χ1n) is 13.0. The summed E-state index contributed by atoms with van der Waals surface area (Å²) in [6, 6.07) is 1.41. The monoisotopic (exact) mass is 599 g/mol. The number of aromatic amines is 3. The predicted octanol–water partition coefficient (Wildman–Crippen LogP) is -1.54. The van der Waals surface area contributed by atoms with Crippen LogP contribution in [-0.2, 0) is 0 Å². The summed E-state index contributed by atoms with van der Waals surface area (Å²) in [7, 11) is 0. The molecule has 0 aliphatic heterocycles. The highest BCUT2D eigenvalue weighted by Crippen LogP contribution is 2.08. The van der Waals surface area contributed by atoms with Crippen molar-refractivity contribution in [2.75, 3.05) is 54.4 Å². The third kappa shape index (κ3) is 9.78. The number of carbonyl (C=O) groups is 3. The molecule has 0 aliphatic rings. The summed E-state index contributed by atoms with van der Waals surface area (Å²) in [6.45, 7) is 5.27. The zero-order valence-corrected chi connectivity index (χ0v) is 23.8. The number of urea groups is 3. The molecule has 0 fully saturated rings. The van der Waals surface area contributed by atoms with Gasteiger partial charge in [0.25, 0.3) is 16.7 Å². The molecule has 19 heteroatoms. The highest BCUT2D eigenvalue weighted by Gasteiger charge is 2.20. The van der Waals surface area contributed by atoms with E-state index in [1.165, 1.54) is 18.2 Å². The number of amides is 6. The molecule has 0 unspecified atom stereocenters. The fourth-order valence-electron chi connectivity index (χ4n) is 3.96. The topological polar surface area (TPSA) is 274 Å². The van der Waals surface area contributed by atoms with E-state index in [4.69, 9.17) is 11.5 Å². The van der Waals surface area contributed by atoms with Crippen LogP contribution in [0, 0.1) is 20.8 Å². The van der Waals surface area contributed by atoms with Crippen LogP contribution in [0.5, 0.6) is 0 Å². The van der Waals surface area contributed by atoms with Crippen molar-refractivity contribution in [2.24, 2.45) is 11.5 Å². The Kier molecular flexibility index (Phi) is 10.7. The van der Waals surface area contributed by atoms with Crippen LogP contribution in [0.1, 0.15) is 17.1 Å². The van der Waals surface area contributed by atoms with Gasteiger partial charge in [-0.1, -0.05) is 0 Å². The van der Waals surface area contributed by atoms with Gasteiger partial charge in [-0.25, -0.2) is 29.3 Å². The van der Waals surface area contributed by atoms with Crippen LogP contribution in [-0.4, -0.2) is 92.2 Å². The Balaban J connectivity index is 1.74. The van der Waals surface area contributed by atoms with Gasteiger partial charge in [0.15, 0.2) is 0 Å². The van der Waals surface area contributed by atoms with Gasteiger partial charge in [0.1, 0.15) is 0 Å². The van der Waals surface area contributed by atoms with E-state index in [9.17, 15) is 28.8 Å². The molecule has 0 saturated carbocycles. The van der Waals surface area contributed by atoms with E-state index in [0.29, 0.717) is 17.1 Å². The van der Waals surface area contributed by atoms with Crippen LogP contribution < -0.4 is 48.6 Å². The Morgan fingerprint density at radius 2 is 1.14 bits per heavy atom. The minimum absolute atomic E-state index is 0.0293. The van der Waals surface area contributed by atoms with Crippen molar-refractivity contribution < 1.29 is 14.4 Å². The maximum atomic E-state index is 12.4. The molecule has 0 bridgehead atoms. The lowest BCUT2D eigenvalue weighted by Gasteiger charge is -2.28. The number of anilines is 3. The van der Waals surface area contributed by atoms with Crippen LogP contribution in [0.25, 0.3) is 0 Å². The van der Waals surface area contributed by atoms with E-state index in [-0.39, 0.29) is 57.1 Å². The molecule has 230 valence electrons. The van der Waals surface area contributed by atoms with Crippen molar-refractivity contribution in [2.45, 2.75) is 20.8 Å². The maximum Gasteiger partial charge on any atom is 0.321 e. The van der Waals surface area contributed by atoms with Gasteiger partial charge in [-0.15, -0.1) is 0 Å². The third-order valence-corrected chi connectivity index (χ3v) is 5.85. The third-order valence-electron chi connectivity index (χ3n) is 5.85. The predicted molar refractivity (Wildman–Crippen MR) is 156 cm³/mol. The van der Waals surface area contributed by atoms with Crippen molar-refractivity contribution in [3.63, 3.8) is 0 Å². The van der Waals surface area contributed by atoms with Crippen LogP contribution in [0.2, 0.25) is 0 Å². The fraction of sp³-hybridized carbons (Fsp3) is 0.375. The quantitative estimate of drug-likeness (QED) is 0.126. The summed E-state index contributed by atoms with van der Waals surface area (Å²) in [5.41, 5.74) is 10.9. The van der Waals surface area contributed by atoms with Crippen LogP contribution in [0.15, 0.2) is 32.6 Å². The smallest absolute Gasteiger partial charge is 0.321 e. The summed E-state index contributed by atoms with van der Waals surface area (Å²) >= 11 is 0. The van der Waals surface area contributed by atoms with Crippen LogP contribution >= 0.6 is 0 Å². The Morgan fingerprint density at radius 1 is 0.698 bits per heavy atom. The lowest BCUT2D eigenvalue weighted by molar-refractivity contribution is 0.242. The molecular weight excluding hydrogens is 566 g/mol. The number of primary amides is 2. The number of nitrogens with zero attached hydrogens (tertiary/aromatic N) is 6. The lowest BCUT2D eigenvalue weighted by atomic mass is 10.4. The second-order valence-corrected chi connectivity index (χ2v) is 9.36. The zero-order chi connectivity index (χ0) is 31.7. The minimum atomic E-state index is -0.869. The molecule has 43 heavy (non-hydrogen) atoms. The highest BCUT2D eigenvalue weighted by atomic mass is 16.2. The molecule has 19 nitrogen and oxygen atoms in total. The minimum Gasteiger partial charge on any atom is -0.351 e. The van der Waals surface area contributed by atoms with Gasteiger partial charge in [0.2, 0.25) is 17.8 Å². The summed E-state index contributed by atoms with van der Waals surface area (Å²) in [6.07, 6.45) is 0. The van der Waals surface area contributed by atoms with E-state index in [2.05, 4.69) is 40.5 Å². The molecular formula is C24H33N13O6. The first-order chi connectivity index (χ1) is 20.3. The average molecular weight is 600 g/mol. The molecule has 0 aromatic carbocycles. The molecule has 3 aromatic rings. The maximum absolute atomic E-state index is 12.4. The number of nitrogens with one attached hydrogen (secondary N) is 5. The lowest BCUT2D eigenvalue weighted by Crippen LogP contribution is -2.48. The second kappa shape index (κ2) is 14.3. The van der Waals surface area contributed by atoms with Crippen molar-refractivity contribution in [1.82, 2.24) is 40.1 Å². The highest BCUT2D eigenvalue weighted by molar-refractivity contribution is 5.89. The van der Waals surface area contributed by atoms with Crippen molar-refractivity contribution in [3.05, 3.63) is 66.3 Å². The van der Waals surface area contributed by atoms with Crippen molar-refractivity contribution in [3.8, 4) is 0 Å². The summed E-state index contributed by atoms with van der Waals surface area (Å²) < 4.78 is 0. The number of aromatic nitrogens is 6. The number of carbonyl (C=O) groups excluding carboxylic acids is 3. The SMILES string of the molecule is Cc1cc(=O)[nH]c(NC(=O)NCCN(CCN(C(N)=O)c2nc(C)cc(=O)[nH]2)CCN(C(N)=O)c2nc(C)cc(=O)[nH]2)n1. The molecule has 0 spiro atoms. The molecule has 3 aromatic heterocycles. The van der Waals surface area contributed by atoms with E-state index in [1.807, 2.05) is 0 Å². The van der Waals surface area contributed by atoms with Gasteiger partial charge >= 0.3 is 18.1 Å². The Labute approximate surface area is 243 Å². The number of aryl methyl sites for hydroxylation is 3. The van der Waals surface area contributed by atoms with Gasteiger partial charge < -0.3 is 16.8 Å². The van der Waals surface area contributed by atoms with Crippen LogP contribution in [0.3, 0.4) is 0 Å². The van der Waals surface area contributed by atoms with Gasteiger partial charge in [-0.2, -0.15) is 0 Å². The van der Waals surface area contributed by atoms with Crippen molar-refractivity contribution in [1.29, 1.82) is 0 Å². The van der Waals surface area contributed by atoms with E-state index < -0.39 is 34.8 Å². The van der Waals surface area contributed by atoms with E-state index in [1.54, 1.807) is 25.7 Å². The number of H-pyrrole nitrogens is 3. The molecule has 6 amide bonds. The van der Waals surface area contributed by atoms with Crippen molar-refractivity contribution >= 4 is 35.9 Å². The standard InChI is InChI=1S/C24H33N13O6/c1-13-10-16(38)31-21(28-13)34-24(43)27-4-5-35(6-8-36(19(25)41)22-29-14(2)11-17(39)32-22)7-9-37(20(26)42)23-30-15(3)12-18(40)33-23/h10-12H,4-9H2,1-3H3,(H2,25,41)(H2,26,42)(H,29,32,39)(H,30,33,40)(H3,27,28,31,34,38,43). The number of hydrogen-bond donors (Lipinski definition) is 7. The van der Waals surface area contributed by atoms with Gasteiger partial charge in [-0.05, 0) is 20.8 Å². The fourth-order valence-corrected chi connectivity index (χ4v) is 3.96. The van der Waals surface area contributed by atoms with E-state index >= 15 is 0 Å². The normalized spacial score (nSPS) is 10.8. The summed E-state index contributed by atoms with van der Waals surface area (Å²) in [5, 5.41) is 5.06. The Hall–Kier alpha value is -5.59. The Morgan fingerprint density at radius 3 is 1.56 bits per heavy atom. The first-order valence-corrected chi connectivity index (χ1v) is 13.0.